The van der Waals surface area contributed by atoms with Crippen LogP contribution in [0.4, 0.5) is 5.69 Å². The Hall–Kier alpha value is -1.94. The van der Waals surface area contributed by atoms with Crippen molar-refractivity contribution in [1.29, 1.82) is 0 Å². The van der Waals surface area contributed by atoms with Crippen LogP contribution in [0.15, 0.2) is 48.1 Å². The Kier molecular flexibility index (Phi) is 2.94. The number of nitrogens with one attached hydrogen (secondary N) is 1. The molecule has 0 fully saturated rings. The van der Waals surface area contributed by atoms with Crippen LogP contribution in [0, 0.1) is 0 Å². The first-order valence-corrected chi connectivity index (χ1v) is 6.71. The molecule has 3 nitrogen and oxygen atoms in total. The van der Waals surface area contributed by atoms with Gasteiger partial charge in [0.2, 0.25) is 0 Å². The standard InChI is InChI=1S/C14H13N3S/c1-10(12-4-2-3-7-15-12)17-11-5-6-13-14(8-11)18-9-16-13/h2-10,17H,1H3. The fourth-order valence-corrected chi connectivity index (χ4v) is 2.62. The van der Waals surface area contributed by atoms with E-state index in [1.807, 2.05) is 36.0 Å². The molecule has 0 radical (unpaired) electrons. The van der Waals surface area contributed by atoms with Gasteiger partial charge in [0.1, 0.15) is 0 Å². The summed E-state index contributed by atoms with van der Waals surface area (Å²) in [5.41, 5.74) is 5.07. The first-order valence-electron chi connectivity index (χ1n) is 5.83. The highest BCUT2D eigenvalue weighted by Gasteiger charge is 2.06. The minimum absolute atomic E-state index is 0.191. The third-order valence-electron chi connectivity index (χ3n) is 2.85. The molecule has 0 saturated heterocycles. The summed E-state index contributed by atoms with van der Waals surface area (Å²) in [6.45, 7) is 2.11. The van der Waals surface area contributed by atoms with Gasteiger partial charge in [-0.25, -0.2) is 4.98 Å². The summed E-state index contributed by atoms with van der Waals surface area (Å²) >= 11 is 1.66. The van der Waals surface area contributed by atoms with Crippen LogP contribution < -0.4 is 5.32 Å². The smallest absolute Gasteiger partial charge is 0.0813 e. The van der Waals surface area contributed by atoms with Gasteiger partial charge in [0.05, 0.1) is 27.5 Å². The fourth-order valence-electron chi connectivity index (χ4n) is 1.90. The van der Waals surface area contributed by atoms with Gasteiger partial charge in [0.25, 0.3) is 0 Å². The number of fused-ring (bicyclic) bond motifs is 1. The van der Waals surface area contributed by atoms with E-state index in [-0.39, 0.29) is 6.04 Å². The summed E-state index contributed by atoms with van der Waals surface area (Å²) in [6.07, 6.45) is 1.82. The average Bonchev–Trinajstić information content (AvgIpc) is 2.87. The third-order valence-corrected chi connectivity index (χ3v) is 3.64. The minimum Gasteiger partial charge on any atom is -0.377 e. The van der Waals surface area contributed by atoms with E-state index < -0.39 is 0 Å². The summed E-state index contributed by atoms with van der Waals surface area (Å²) < 4.78 is 1.20. The molecule has 0 saturated carbocycles. The zero-order chi connectivity index (χ0) is 12.4. The van der Waals surface area contributed by atoms with Crippen molar-refractivity contribution in [2.75, 3.05) is 5.32 Å². The van der Waals surface area contributed by atoms with Crippen LogP contribution in [-0.2, 0) is 0 Å². The number of hydrogen-bond acceptors (Lipinski definition) is 4. The number of thiazole rings is 1. The maximum atomic E-state index is 4.35. The zero-order valence-corrected chi connectivity index (χ0v) is 10.8. The Labute approximate surface area is 110 Å². The summed E-state index contributed by atoms with van der Waals surface area (Å²) in [7, 11) is 0. The molecule has 0 amide bonds. The summed E-state index contributed by atoms with van der Waals surface area (Å²) in [4.78, 5) is 8.63. The van der Waals surface area contributed by atoms with Crippen molar-refractivity contribution in [1.82, 2.24) is 9.97 Å². The van der Waals surface area contributed by atoms with Crippen LogP contribution in [-0.4, -0.2) is 9.97 Å². The Morgan fingerprint density at radius 1 is 1.17 bits per heavy atom. The van der Waals surface area contributed by atoms with Crippen LogP contribution in [0.3, 0.4) is 0 Å². The second-order valence-electron chi connectivity index (χ2n) is 4.16. The number of pyridine rings is 1. The van der Waals surface area contributed by atoms with Crippen LogP contribution in [0.1, 0.15) is 18.7 Å². The van der Waals surface area contributed by atoms with Gasteiger partial charge < -0.3 is 5.32 Å². The van der Waals surface area contributed by atoms with Crippen molar-refractivity contribution in [2.24, 2.45) is 0 Å². The molecule has 3 rings (SSSR count). The highest BCUT2D eigenvalue weighted by Crippen LogP contribution is 2.24. The van der Waals surface area contributed by atoms with Gasteiger partial charge in [-0.1, -0.05) is 6.07 Å². The second-order valence-corrected chi connectivity index (χ2v) is 5.04. The van der Waals surface area contributed by atoms with Gasteiger partial charge in [-0.05, 0) is 37.3 Å². The number of nitrogens with zero attached hydrogens (tertiary/aromatic N) is 2. The van der Waals surface area contributed by atoms with E-state index in [1.165, 1.54) is 4.70 Å². The first-order chi connectivity index (χ1) is 8.83. The van der Waals surface area contributed by atoms with E-state index in [0.717, 1.165) is 16.9 Å². The lowest BCUT2D eigenvalue weighted by molar-refractivity contribution is 0.840. The minimum atomic E-state index is 0.191. The maximum absolute atomic E-state index is 4.35. The molecule has 4 heteroatoms. The van der Waals surface area contributed by atoms with Crippen molar-refractivity contribution in [3.8, 4) is 0 Å². The monoisotopic (exact) mass is 255 g/mol. The van der Waals surface area contributed by atoms with Gasteiger partial charge in [-0.2, -0.15) is 0 Å². The van der Waals surface area contributed by atoms with Gasteiger partial charge in [0, 0.05) is 11.9 Å². The number of benzene rings is 1. The van der Waals surface area contributed by atoms with Gasteiger partial charge in [-0.3, -0.25) is 4.98 Å². The van der Waals surface area contributed by atoms with E-state index in [1.54, 1.807) is 11.3 Å². The van der Waals surface area contributed by atoms with Crippen LogP contribution >= 0.6 is 11.3 Å². The maximum Gasteiger partial charge on any atom is 0.0813 e. The van der Waals surface area contributed by atoms with E-state index in [2.05, 4.69) is 34.3 Å². The molecular formula is C14H13N3S. The highest BCUT2D eigenvalue weighted by molar-refractivity contribution is 7.16. The van der Waals surface area contributed by atoms with Crippen LogP contribution in [0.25, 0.3) is 10.2 Å². The van der Waals surface area contributed by atoms with E-state index in [9.17, 15) is 0 Å². The number of anilines is 1. The predicted octanol–water partition coefficient (Wildman–Crippen LogP) is 3.86. The Balaban J connectivity index is 1.83. The van der Waals surface area contributed by atoms with Crippen molar-refractivity contribution in [2.45, 2.75) is 13.0 Å². The lowest BCUT2D eigenvalue weighted by Gasteiger charge is -2.14. The molecule has 0 aliphatic heterocycles. The molecule has 18 heavy (non-hydrogen) atoms. The third kappa shape index (κ3) is 2.19. The van der Waals surface area contributed by atoms with E-state index in [4.69, 9.17) is 0 Å². The molecule has 0 aliphatic rings. The van der Waals surface area contributed by atoms with Crippen LogP contribution in [0.5, 0.6) is 0 Å². The number of rotatable bonds is 3. The average molecular weight is 255 g/mol. The van der Waals surface area contributed by atoms with E-state index in [0.29, 0.717) is 0 Å². The van der Waals surface area contributed by atoms with Crippen molar-refractivity contribution < 1.29 is 0 Å². The lowest BCUT2D eigenvalue weighted by Crippen LogP contribution is -2.07. The van der Waals surface area contributed by atoms with E-state index >= 15 is 0 Å². The number of aromatic nitrogens is 2. The summed E-state index contributed by atoms with van der Waals surface area (Å²) in [5, 5.41) is 3.46. The molecule has 1 N–H and O–H groups in total. The Morgan fingerprint density at radius 2 is 2.11 bits per heavy atom. The van der Waals surface area contributed by atoms with Gasteiger partial charge in [-0.15, -0.1) is 11.3 Å². The van der Waals surface area contributed by atoms with Crippen molar-refractivity contribution in [3.05, 3.63) is 53.8 Å². The van der Waals surface area contributed by atoms with Crippen molar-refractivity contribution >= 4 is 27.2 Å². The first kappa shape index (κ1) is 11.2. The molecule has 0 aliphatic carbocycles. The normalized spacial score (nSPS) is 12.5. The van der Waals surface area contributed by atoms with Crippen molar-refractivity contribution in [3.63, 3.8) is 0 Å². The molecule has 1 unspecified atom stereocenters. The van der Waals surface area contributed by atoms with Gasteiger partial charge >= 0.3 is 0 Å². The molecule has 1 aromatic carbocycles. The molecular weight excluding hydrogens is 242 g/mol. The lowest BCUT2D eigenvalue weighted by atomic mass is 10.2. The largest absolute Gasteiger partial charge is 0.377 e. The summed E-state index contributed by atoms with van der Waals surface area (Å²) in [6, 6.07) is 12.4. The van der Waals surface area contributed by atoms with Crippen LogP contribution in [0.2, 0.25) is 0 Å². The number of hydrogen-bond donors (Lipinski definition) is 1. The highest BCUT2D eigenvalue weighted by atomic mass is 32.1. The topological polar surface area (TPSA) is 37.8 Å². The molecule has 0 spiro atoms. The fraction of sp³-hybridized carbons (Fsp3) is 0.143. The second kappa shape index (κ2) is 4.74. The molecule has 90 valence electrons. The molecule has 1 atom stereocenters. The molecule has 0 bridgehead atoms. The molecule has 2 heterocycles. The zero-order valence-electron chi connectivity index (χ0n) is 10.00. The quantitative estimate of drug-likeness (QED) is 0.772. The summed E-state index contributed by atoms with van der Waals surface area (Å²) in [5.74, 6) is 0. The molecule has 3 aromatic rings. The predicted molar refractivity (Wildman–Crippen MR) is 75.9 cm³/mol. The SMILES string of the molecule is CC(Nc1ccc2ncsc2c1)c1ccccn1. The van der Waals surface area contributed by atoms with Gasteiger partial charge in [0.15, 0.2) is 0 Å². The Bertz CT molecular complexity index is 648. The Morgan fingerprint density at radius 3 is 2.94 bits per heavy atom. The molecule has 2 aromatic heterocycles.